The zero-order valence-corrected chi connectivity index (χ0v) is 40.3. The van der Waals surface area contributed by atoms with E-state index in [1.807, 2.05) is 47.4 Å². The number of hydrogen-bond donors (Lipinski definition) is 1. The Labute approximate surface area is 402 Å². The summed E-state index contributed by atoms with van der Waals surface area (Å²) in [5, 5.41) is 18.1. The fraction of sp³-hybridized carbons (Fsp3) is 0.156. The van der Waals surface area contributed by atoms with Crippen molar-refractivity contribution in [3.8, 4) is 33.8 Å². The van der Waals surface area contributed by atoms with Crippen molar-refractivity contribution in [2.75, 3.05) is 25.3 Å². The van der Waals surface area contributed by atoms with Gasteiger partial charge in [-0.1, -0.05) is 59.8 Å². The molecule has 2 aromatic heterocycles. The van der Waals surface area contributed by atoms with Crippen molar-refractivity contribution in [2.45, 2.75) is 7.43 Å². The van der Waals surface area contributed by atoms with E-state index in [9.17, 15) is 13.9 Å². The second-order valence-electron chi connectivity index (χ2n) is 8.25. The van der Waals surface area contributed by atoms with Gasteiger partial charge in [-0.3, -0.25) is 9.18 Å². The summed E-state index contributed by atoms with van der Waals surface area (Å²) < 4.78 is 30.3. The Balaban J connectivity index is 0. The third-order valence-electron chi connectivity index (χ3n) is 5.51. The zero-order chi connectivity index (χ0) is 30.9. The summed E-state index contributed by atoms with van der Waals surface area (Å²) in [5.74, 6) is 0.981. The van der Waals surface area contributed by atoms with Gasteiger partial charge in [0.15, 0.2) is 0 Å². The molecule has 0 bridgehead atoms. The number of phenolic OH excluding ortho intramolecular Hbond substituents is 1. The molecule has 6 rings (SSSR count). The SMILES string of the molecule is C.FCCBr.FCCOc1ccc(-c2ccc3scnc3c2)cc1.O=CO[O-].Oc1ccc(-c2ccc3scnc3c2)cc1.[Cs+].[Cs+].[H-]. The van der Waals surface area contributed by atoms with Gasteiger partial charge in [-0.25, -0.2) is 14.4 Å². The van der Waals surface area contributed by atoms with Crippen LogP contribution in [0.1, 0.15) is 8.85 Å². The molecule has 0 amide bonds. The second-order valence-corrected chi connectivity index (χ2v) is 10.8. The minimum Gasteiger partial charge on any atom is -1.00 e. The van der Waals surface area contributed by atoms with Crippen molar-refractivity contribution in [2.24, 2.45) is 0 Å². The van der Waals surface area contributed by atoms with Gasteiger partial charge in [0.1, 0.15) is 24.8 Å². The van der Waals surface area contributed by atoms with Crippen molar-refractivity contribution in [1.82, 2.24) is 9.97 Å². The maximum Gasteiger partial charge on any atom is 1.00 e. The quantitative estimate of drug-likeness (QED) is 0.114. The number of aromatic nitrogens is 2. The maximum absolute atomic E-state index is 12.0. The fourth-order valence-electron chi connectivity index (χ4n) is 3.63. The van der Waals surface area contributed by atoms with Crippen molar-refractivity contribution < 1.29 is 173 Å². The molecule has 0 atom stereocenters. The molecule has 6 aromatic rings. The van der Waals surface area contributed by atoms with Gasteiger partial charge >= 0.3 is 138 Å². The topological polar surface area (TPSA) is 105 Å². The number of benzene rings is 4. The molecular formula is C32H31BrCs2F2N2O5S2. The molecule has 234 valence electrons. The van der Waals surface area contributed by atoms with E-state index < -0.39 is 6.67 Å². The number of carbonyl (C=O) groups is 1. The van der Waals surface area contributed by atoms with E-state index in [-0.39, 0.29) is 166 Å². The molecule has 7 nitrogen and oxygen atoms in total. The largest absolute Gasteiger partial charge is 1.00 e. The Morgan fingerprint density at radius 3 is 1.59 bits per heavy atom. The van der Waals surface area contributed by atoms with Gasteiger partial charge in [-0.15, -0.1) is 22.7 Å². The van der Waals surface area contributed by atoms with Gasteiger partial charge in [0.2, 0.25) is 0 Å². The van der Waals surface area contributed by atoms with Gasteiger partial charge in [0, 0.05) is 5.33 Å². The summed E-state index contributed by atoms with van der Waals surface area (Å²) >= 11 is 6.15. The number of carbonyl (C=O) groups excluding carboxylic acids is 1. The van der Waals surface area contributed by atoms with Crippen LogP contribution >= 0.6 is 38.6 Å². The van der Waals surface area contributed by atoms with Crippen molar-refractivity contribution in [1.29, 1.82) is 0 Å². The molecule has 4 aromatic carbocycles. The molecule has 0 aliphatic heterocycles. The number of thiazole rings is 2. The van der Waals surface area contributed by atoms with Gasteiger partial charge in [0.05, 0.1) is 38.1 Å². The first-order valence-corrected chi connectivity index (χ1v) is 15.5. The molecule has 0 radical (unpaired) electrons. The number of ether oxygens (including phenoxy) is 1. The molecule has 2 heterocycles. The molecule has 0 unspecified atom stereocenters. The predicted molar refractivity (Wildman–Crippen MR) is 178 cm³/mol. The summed E-state index contributed by atoms with van der Waals surface area (Å²) in [6.45, 7) is -0.813. The van der Waals surface area contributed by atoms with Crippen molar-refractivity contribution in [3.05, 3.63) is 96.0 Å². The maximum atomic E-state index is 12.0. The van der Waals surface area contributed by atoms with Crippen molar-refractivity contribution >= 4 is 65.5 Å². The molecule has 0 aliphatic rings. The number of rotatable bonds is 7. The van der Waals surface area contributed by atoms with E-state index in [0.29, 0.717) is 16.8 Å². The van der Waals surface area contributed by atoms with Crippen LogP contribution in [0.3, 0.4) is 0 Å². The minimum absolute atomic E-state index is 0. The van der Waals surface area contributed by atoms with Gasteiger partial charge in [-0.05, 0) is 70.8 Å². The number of fused-ring (bicyclic) bond motifs is 2. The van der Waals surface area contributed by atoms with Crippen LogP contribution in [0.2, 0.25) is 0 Å². The summed E-state index contributed by atoms with van der Waals surface area (Å²) in [7, 11) is 0. The molecule has 0 fully saturated rings. The monoisotopic (exact) mass is 970 g/mol. The van der Waals surface area contributed by atoms with E-state index in [0.717, 1.165) is 33.3 Å². The Bertz CT molecular complexity index is 1680. The number of phenols is 1. The van der Waals surface area contributed by atoms with Crippen LogP contribution < -0.4 is 148 Å². The van der Waals surface area contributed by atoms with Gasteiger partial charge < -0.3 is 21.4 Å². The molecule has 0 spiro atoms. The minimum atomic E-state index is -0.470. The predicted octanol–water partition coefficient (Wildman–Crippen LogP) is 2.52. The average molecular weight is 971 g/mol. The van der Waals surface area contributed by atoms with E-state index in [4.69, 9.17) is 14.8 Å². The summed E-state index contributed by atoms with van der Waals surface area (Å²) in [6, 6.07) is 27.3. The van der Waals surface area contributed by atoms with Crippen LogP contribution in [-0.2, 0) is 9.68 Å². The Morgan fingerprint density at radius 2 is 1.20 bits per heavy atom. The van der Waals surface area contributed by atoms with E-state index in [2.05, 4.69) is 67.2 Å². The van der Waals surface area contributed by atoms with Crippen molar-refractivity contribution in [3.63, 3.8) is 0 Å². The molecule has 0 saturated carbocycles. The Morgan fingerprint density at radius 1 is 0.783 bits per heavy atom. The van der Waals surface area contributed by atoms with Crippen LogP contribution in [0.15, 0.2) is 96.0 Å². The number of aromatic hydroxyl groups is 1. The average Bonchev–Trinajstić information content (AvgIpc) is 3.74. The third-order valence-corrected chi connectivity index (χ3v) is 7.43. The molecule has 1 N–H and O–H groups in total. The second kappa shape index (κ2) is 26.9. The van der Waals surface area contributed by atoms with E-state index >= 15 is 0 Å². The number of nitrogens with zero attached hydrogens (tertiary/aromatic N) is 2. The Kier molecular flexibility index (Phi) is 27.0. The third kappa shape index (κ3) is 15.8. The molecular weight excluding hydrogens is 940 g/mol. The van der Waals surface area contributed by atoms with Crippen LogP contribution in [-0.4, -0.2) is 46.8 Å². The fourth-order valence-corrected chi connectivity index (χ4v) is 4.95. The number of hydrogen-bond acceptors (Lipinski definition) is 9. The van der Waals surface area contributed by atoms with Crippen LogP contribution in [0.4, 0.5) is 8.78 Å². The summed E-state index contributed by atoms with van der Waals surface area (Å²) in [6.07, 6.45) is 0. The number of alkyl halides is 3. The first-order valence-electron chi connectivity index (χ1n) is 12.6. The molecule has 14 heteroatoms. The van der Waals surface area contributed by atoms with Crippen LogP contribution in [0.25, 0.3) is 42.7 Å². The number of halogens is 3. The molecule has 46 heavy (non-hydrogen) atoms. The standard InChI is InChI=1S/C15H12FNOS.C13H9NOS.C2H4BrF.CH2O3.CH4.2Cs.H/c16-7-8-18-13-4-1-11(2-5-13)12-3-6-15-14(9-12)17-10-19-15;15-11-4-1-9(2-5-11)10-3-6-13-12(7-10)14-8-16-13;3-1-2-4;2-1-4-3;;;;/h1-6,9-10H,7-8H2;1-8,15H;1-2H2;1,3H;1H4;;;/q;;;;;2*+1;-1/p-1. The smallest absolute Gasteiger partial charge is 1.00 e. The first-order chi connectivity index (χ1) is 21.0. The van der Waals surface area contributed by atoms with Gasteiger partial charge in [-0.2, -0.15) is 0 Å². The normalized spacial score (nSPS) is 9.30. The van der Waals surface area contributed by atoms with Crippen LogP contribution in [0, 0.1) is 0 Å². The molecule has 0 saturated heterocycles. The van der Waals surface area contributed by atoms with E-state index in [1.54, 1.807) is 34.8 Å². The van der Waals surface area contributed by atoms with Gasteiger partial charge in [0.25, 0.3) is 6.47 Å². The zero-order valence-electron chi connectivity index (χ0n) is 25.6. The van der Waals surface area contributed by atoms with E-state index in [1.165, 1.54) is 9.40 Å². The summed E-state index contributed by atoms with van der Waals surface area (Å²) in [5.41, 5.74) is 10.2. The Hall–Kier alpha value is 0.134. The summed E-state index contributed by atoms with van der Waals surface area (Å²) in [4.78, 5) is 19.9. The molecule has 0 aliphatic carbocycles. The first kappa shape index (κ1) is 46.1. The van der Waals surface area contributed by atoms with Crippen LogP contribution in [0.5, 0.6) is 11.5 Å².